The van der Waals surface area contributed by atoms with Gasteiger partial charge in [0.05, 0.1) is 19.8 Å². The van der Waals surface area contributed by atoms with Crippen molar-refractivity contribution in [1.29, 1.82) is 0 Å². The van der Waals surface area contributed by atoms with Gasteiger partial charge in [-0.25, -0.2) is 0 Å². The summed E-state index contributed by atoms with van der Waals surface area (Å²) in [5, 5.41) is 58.7. The minimum Gasteiger partial charge on any atom is -0.508 e. The van der Waals surface area contributed by atoms with Crippen LogP contribution in [-0.4, -0.2) is 37.2 Å². The van der Waals surface area contributed by atoms with Crippen LogP contribution >= 0.6 is 0 Å². The molecule has 0 aromatic heterocycles. The van der Waals surface area contributed by atoms with Crippen LogP contribution < -0.4 is 4.90 Å². The highest BCUT2D eigenvalue weighted by Crippen LogP contribution is 2.39. The standard InChI is InChI=1S/C58H47NO6/c60-35-51-33-49(23-31-56(51)63)46-9-5-40(6-10-46)44-19-27-54(28-20-44)59(55-29-21-45(22-30-55)41-7-11-47(12-8-41)50-24-32-57(64)52(34-50)36-61)53-25-17-43(18-26-53)39-3-1-38(2-4-39)42-13-15-48(16-14-42)58(65)37-62/h1-34,58,60-65H,35-37H2. The topological polar surface area (TPSA) is 125 Å². The Morgan fingerprint density at radius 1 is 0.308 bits per heavy atom. The van der Waals surface area contributed by atoms with E-state index in [9.17, 15) is 30.6 Å². The van der Waals surface area contributed by atoms with Crippen molar-refractivity contribution in [3.8, 4) is 78.3 Å². The van der Waals surface area contributed by atoms with Gasteiger partial charge >= 0.3 is 0 Å². The number of aromatic hydroxyl groups is 2. The number of hydrogen-bond acceptors (Lipinski definition) is 7. The number of aliphatic hydroxyl groups excluding tert-OH is 4. The molecule has 0 saturated heterocycles. The summed E-state index contributed by atoms with van der Waals surface area (Å²) in [5.41, 5.74) is 17.0. The highest BCUT2D eigenvalue weighted by atomic mass is 16.3. The molecule has 0 spiro atoms. The highest BCUT2D eigenvalue weighted by molar-refractivity contribution is 5.82. The van der Waals surface area contributed by atoms with Crippen LogP contribution in [0.15, 0.2) is 206 Å². The van der Waals surface area contributed by atoms with E-state index in [4.69, 9.17) is 0 Å². The normalized spacial score (nSPS) is 11.6. The van der Waals surface area contributed by atoms with Gasteiger partial charge in [-0.3, -0.25) is 0 Å². The Morgan fingerprint density at radius 3 is 0.800 bits per heavy atom. The Balaban J connectivity index is 0.994. The van der Waals surface area contributed by atoms with Crippen LogP contribution in [0.1, 0.15) is 22.8 Å². The van der Waals surface area contributed by atoms with Crippen LogP contribution in [0.4, 0.5) is 17.1 Å². The molecule has 1 atom stereocenters. The molecule has 0 saturated carbocycles. The second-order valence-corrected chi connectivity index (χ2v) is 16.0. The summed E-state index contributed by atoms with van der Waals surface area (Å²) in [5.74, 6) is 0.163. The molecule has 9 aromatic rings. The minimum absolute atomic E-state index is 0.0816. The van der Waals surface area contributed by atoms with Gasteiger partial charge < -0.3 is 35.5 Å². The van der Waals surface area contributed by atoms with E-state index in [0.717, 1.165) is 83.8 Å². The maximum Gasteiger partial charge on any atom is 0.121 e. The third-order valence-corrected chi connectivity index (χ3v) is 12.0. The first-order valence-corrected chi connectivity index (χ1v) is 21.5. The largest absolute Gasteiger partial charge is 0.508 e. The Hall–Kier alpha value is -7.78. The molecule has 0 amide bonds. The van der Waals surface area contributed by atoms with E-state index in [1.54, 1.807) is 12.1 Å². The lowest BCUT2D eigenvalue weighted by molar-refractivity contribution is 0.0956. The second-order valence-electron chi connectivity index (χ2n) is 16.0. The molecule has 7 heteroatoms. The molecule has 0 heterocycles. The Morgan fingerprint density at radius 2 is 0.538 bits per heavy atom. The van der Waals surface area contributed by atoms with Gasteiger partial charge in [0.15, 0.2) is 0 Å². The summed E-state index contributed by atoms with van der Waals surface area (Å²) in [6, 6.07) is 68.8. The number of hydrogen-bond donors (Lipinski definition) is 6. The van der Waals surface area contributed by atoms with E-state index in [1.165, 1.54) is 0 Å². The van der Waals surface area contributed by atoms with E-state index in [2.05, 4.69) is 150 Å². The Labute approximate surface area is 378 Å². The third-order valence-electron chi connectivity index (χ3n) is 12.0. The fraction of sp³-hybridized carbons (Fsp3) is 0.0690. The third kappa shape index (κ3) is 9.17. The first-order chi connectivity index (χ1) is 31.8. The minimum atomic E-state index is -0.889. The molecule has 320 valence electrons. The van der Waals surface area contributed by atoms with Gasteiger partial charge in [-0.15, -0.1) is 0 Å². The van der Waals surface area contributed by atoms with Crippen LogP contribution in [0.5, 0.6) is 11.5 Å². The number of anilines is 3. The number of nitrogens with zero attached hydrogens (tertiary/aromatic N) is 1. The van der Waals surface area contributed by atoms with Gasteiger partial charge in [0.25, 0.3) is 0 Å². The van der Waals surface area contributed by atoms with E-state index in [0.29, 0.717) is 16.7 Å². The van der Waals surface area contributed by atoms with E-state index in [-0.39, 0.29) is 31.3 Å². The van der Waals surface area contributed by atoms with Gasteiger partial charge in [-0.2, -0.15) is 0 Å². The molecule has 1 unspecified atom stereocenters. The molecule has 9 aromatic carbocycles. The number of aliphatic hydroxyl groups is 4. The SMILES string of the molecule is OCc1cc(-c2ccc(-c3ccc(N(c4ccc(-c5ccc(-c6ccc(C(O)CO)cc6)cc5)cc4)c4ccc(-c5ccc(-c6ccc(O)c(CO)c6)cc5)cc4)cc3)cc2)ccc1O. The van der Waals surface area contributed by atoms with Crippen molar-refractivity contribution in [1.82, 2.24) is 0 Å². The number of phenols is 2. The zero-order chi connectivity index (χ0) is 44.9. The van der Waals surface area contributed by atoms with Gasteiger partial charge in [0, 0.05) is 28.2 Å². The average Bonchev–Trinajstić information content (AvgIpc) is 3.37. The molecule has 0 aliphatic rings. The first kappa shape index (κ1) is 42.5. The summed E-state index contributed by atoms with van der Waals surface area (Å²) < 4.78 is 0. The lowest BCUT2D eigenvalue weighted by Crippen LogP contribution is -2.09. The van der Waals surface area contributed by atoms with Gasteiger partial charge in [0.1, 0.15) is 17.6 Å². The van der Waals surface area contributed by atoms with Crippen LogP contribution in [0.3, 0.4) is 0 Å². The number of benzene rings is 9. The van der Waals surface area contributed by atoms with Crippen molar-refractivity contribution in [2.24, 2.45) is 0 Å². The molecule has 0 radical (unpaired) electrons. The monoisotopic (exact) mass is 853 g/mol. The van der Waals surface area contributed by atoms with Gasteiger partial charge in [-0.1, -0.05) is 146 Å². The summed E-state index contributed by atoms with van der Waals surface area (Å²) in [4.78, 5) is 2.25. The van der Waals surface area contributed by atoms with Crippen LogP contribution in [0, 0.1) is 0 Å². The van der Waals surface area contributed by atoms with Crippen molar-refractivity contribution in [2.75, 3.05) is 11.5 Å². The second kappa shape index (κ2) is 18.9. The molecule has 7 nitrogen and oxygen atoms in total. The van der Waals surface area contributed by atoms with Crippen LogP contribution in [0.2, 0.25) is 0 Å². The first-order valence-electron chi connectivity index (χ1n) is 21.5. The van der Waals surface area contributed by atoms with Crippen LogP contribution in [0.25, 0.3) is 66.8 Å². The predicted molar refractivity (Wildman–Crippen MR) is 261 cm³/mol. The van der Waals surface area contributed by atoms with Gasteiger partial charge in [0.2, 0.25) is 0 Å². The maximum atomic E-state index is 10.0. The molecular weight excluding hydrogens is 807 g/mol. The van der Waals surface area contributed by atoms with Crippen LogP contribution in [-0.2, 0) is 13.2 Å². The Kier molecular flexibility index (Phi) is 12.4. The van der Waals surface area contributed by atoms with Crippen molar-refractivity contribution in [2.45, 2.75) is 19.3 Å². The molecule has 65 heavy (non-hydrogen) atoms. The lowest BCUT2D eigenvalue weighted by Gasteiger charge is -2.26. The smallest absolute Gasteiger partial charge is 0.121 e. The molecule has 0 fully saturated rings. The average molecular weight is 854 g/mol. The number of rotatable bonds is 13. The Bertz CT molecular complexity index is 2880. The molecule has 0 aliphatic carbocycles. The molecule has 0 aliphatic heterocycles. The van der Waals surface area contributed by atoms with E-state index < -0.39 is 6.10 Å². The summed E-state index contributed by atoms with van der Waals surface area (Å²) in [7, 11) is 0. The zero-order valence-electron chi connectivity index (χ0n) is 35.5. The summed E-state index contributed by atoms with van der Waals surface area (Å²) >= 11 is 0. The summed E-state index contributed by atoms with van der Waals surface area (Å²) in [6.45, 7) is -0.775. The quantitative estimate of drug-likeness (QED) is 0.0682. The molecule has 0 bridgehead atoms. The maximum absolute atomic E-state index is 10.0. The predicted octanol–water partition coefficient (Wildman–Crippen LogP) is 12.6. The molecule has 6 N–H and O–H groups in total. The van der Waals surface area contributed by atoms with Crippen molar-refractivity contribution < 1.29 is 30.6 Å². The lowest BCUT2D eigenvalue weighted by atomic mass is 9.98. The molecular formula is C58H47NO6. The van der Waals surface area contributed by atoms with E-state index >= 15 is 0 Å². The van der Waals surface area contributed by atoms with Crippen molar-refractivity contribution in [3.63, 3.8) is 0 Å². The van der Waals surface area contributed by atoms with Crippen molar-refractivity contribution in [3.05, 3.63) is 223 Å². The van der Waals surface area contributed by atoms with E-state index in [1.807, 2.05) is 48.5 Å². The summed E-state index contributed by atoms with van der Waals surface area (Å²) in [6.07, 6.45) is -0.889. The zero-order valence-corrected chi connectivity index (χ0v) is 35.5. The fourth-order valence-electron chi connectivity index (χ4n) is 8.21. The van der Waals surface area contributed by atoms with Crippen molar-refractivity contribution >= 4 is 17.1 Å². The highest BCUT2D eigenvalue weighted by Gasteiger charge is 2.15. The van der Waals surface area contributed by atoms with Gasteiger partial charge in [-0.05, 0) is 133 Å². The molecule has 9 rings (SSSR count). The fourth-order valence-corrected chi connectivity index (χ4v) is 8.21.